The first-order valence-electron chi connectivity index (χ1n) is 4.49. The summed E-state index contributed by atoms with van der Waals surface area (Å²) in [4.78, 5) is 10.9. The zero-order valence-corrected chi connectivity index (χ0v) is 8.91. The maximum Gasteiger partial charge on any atom is 0.337 e. The molecule has 6 heteroatoms. The number of hydrogen-bond donors (Lipinski definition) is 1. The second kappa shape index (κ2) is 3.32. The van der Waals surface area contributed by atoms with E-state index in [1.807, 2.05) is 0 Å². The molecule has 5 nitrogen and oxygen atoms in total. The van der Waals surface area contributed by atoms with Gasteiger partial charge in [-0.05, 0) is 24.1 Å². The van der Waals surface area contributed by atoms with Gasteiger partial charge in [-0.2, -0.15) is 5.26 Å². The molecular formula is C10H7NO4S. The van der Waals surface area contributed by atoms with Crippen LogP contribution in [-0.2, 0) is 16.3 Å². The van der Waals surface area contributed by atoms with E-state index in [9.17, 15) is 13.2 Å². The third kappa shape index (κ3) is 1.37. The Morgan fingerprint density at radius 2 is 2.12 bits per heavy atom. The van der Waals surface area contributed by atoms with E-state index in [0.717, 1.165) is 0 Å². The Labute approximate surface area is 91.9 Å². The van der Waals surface area contributed by atoms with Gasteiger partial charge < -0.3 is 5.11 Å². The molecule has 1 aromatic rings. The van der Waals surface area contributed by atoms with Crippen LogP contribution >= 0.6 is 0 Å². The summed E-state index contributed by atoms with van der Waals surface area (Å²) in [5.41, 5.74) is 0.159. The van der Waals surface area contributed by atoms with E-state index in [1.165, 1.54) is 12.1 Å². The van der Waals surface area contributed by atoms with E-state index in [4.69, 9.17) is 10.4 Å². The fourth-order valence-electron chi connectivity index (χ4n) is 1.82. The first kappa shape index (κ1) is 10.6. The van der Waals surface area contributed by atoms with Crippen molar-refractivity contribution in [1.29, 1.82) is 5.26 Å². The van der Waals surface area contributed by atoms with Crippen molar-refractivity contribution in [2.45, 2.75) is 11.3 Å². The van der Waals surface area contributed by atoms with Gasteiger partial charge in [0.05, 0.1) is 21.8 Å². The van der Waals surface area contributed by atoms with Gasteiger partial charge in [-0.25, -0.2) is 13.2 Å². The molecule has 0 saturated carbocycles. The monoisotopic (exact) mass is 237 g/mol. The zero-order valence-electron chi connectivity index (χ0n) is 8.10. The predicted molar refractivity (Wildman–Crippen MR) is 53.9 cm³/mol. The van der Waals surface area contributed by atoms with Gasteiger partial charge in [-0.1, -0.05) is 0 Å². The fraction of sp³-hybridized carbons (Fsp3) is 0.200. The first-order chi connectivity index (χ1) is 7.47. The van der Waals surface area contributed by atoms with Crippen molar-refractivity contribution >= 4 is 15.8 Å². The van der Waals surface area contributed by atoms with Gasteiger partial charge in [0.25, 0.3) is 0 Å². The predicted octanol–water partition coefficient (Wildman–Crippen LogP) is 0.586. The minimum atomic E-state index is -3.32. The summed E-state index contributed by atoms with van der Waals surface area (Å²) in [7, 11) is -3.32. The van der Waals surface area contributed by atoms with Gasteiger partial charge in [0.2, 0.25) is 0 Å². The van der Waals surface area contributed by atoms with E-state index in [2.05, 4.69) is 0 Å². The van der Waals surface area contributed by atoms with Crippen LogP contribution in [0.5, 0.6) is 0 Å². The highest BCUT2D eigenvalue weighted by Crippen LogP contribution is 2.30. The molecule has 0 bridgehead atoms. The number of fused-ring (bicyclic) bond motifs is 1. The lowest BCUT2D eigenvalue weighted by atomic mass is 10.0. The molecule has 2 rings (SSSR count). The maximum absolute atomic E-state index is 11.5. The Morgan fingerprint density at radius 3 is 2.69 bits per heavy atom. The number of sulfone groups is 1. The normalized spacial score (nSPS) is 16.4. The van der Waals surface area contributed by atoms with E-state index in [1.54, 1.807) is 6.07 Å². The summed E-state index contributed by atoms with van der Waals surface area (Å²) < 4.78 is 23.1. The molecule has 0 atom stereocenters. The van der Waals surface area contributed by atoms with Gasteiger partial charge in [0, 0.05) is 0 Å². The van der Waals surface area contributed by atoms with Crippen molar-refractivity contribution in [3.8, 4) is 6.07 Å². The number of hydrogen-bond acceptors (Lipinski definition) is 4. The van der Waals surface area contributed by atoms with Gasteiger partial charge in [0.1, 0.15) is 6.07 Å². The molecule has 16 heavy (non-hydrogen) atoms. The second-order valence-corrected chi connectivity index (χ2v) is 5.53. The van der Waals surface area contributed by atoms with Crippen molar-refractivity contribution in [1.82, 2.24) is 0 Å². The lowest BCUT2D eigenvalue weighted by molar-refractivity contribution is 0.0696. The number of carbonyl (C=O) groups is 1. The zero-order chi connectivity index (χ0) is 11.9. The summed E-state index contributed by atoms with van der Waals surface area (Å²) in [6, 6.07) is 4.20. The van der Waals surface area contributed by atoms with Crippen LogP contribution in [-0.4, -0.2) is 25.2 Å². The number of aromatic carboxylic acids is 1. The Morgan fingerprint density at radius 1 is 1.44 bits per heavy atom. The summed E-state index contributed by atoms with van der Waals surface area (Å²) in [5.74, 6) is -1.27. The Hall–Kier alpha value is -1.87. The molecule has 0 saturated heterocycles. The molecule has 0 aromatic heterocycles. The maximum atomic E-state index is 11.5. The Kier molecular flexibility index (Phi) is 2.21. The molecule has 1 aromatic carbocycles. The van der Waals surface area contributed by atoms with Crippen LogP contribution in [0.1, 0.15) is 21.5 Å². The molecule has 0 aliphatic carbocycles. The molecule has 0 spiro atoms. The molecule has 1 aliphatic heterocycles. The van der Waals surface area contributed by atoms with Gasteiger partial charge in [0.15, 0.2) is 9.84 Å². The van der Waals surface area contributed by atoms with Crippen LogP contribution in [0.3, 0.4) is 0 Å². The van der Waals surface area contributed by atoms with Crippen LogP contribution in [0, 0.1) is 11.3 Å². The van der Waals surface area contributed by atoms with E-state index in [-0.39, 0.29) is 28.2 Å². The van der Waals surface area contributed by atoms with Crippen LogP contribution in [0.25, 0.3) is 0 Å². The molecule has 1 N–H and O–H groups in total. The van der Waals surface area contributed by atoms with E-state index < -0.39 is 15.8 Å². The van der Waals surface area contributed by atoms with Crippen LogP contribution in [0.4, 0.5) is 0 Å². The quantitative estimate of drug-likeness (QED) is 0.771. The summed E-state index contributed by atoms with van der Waals surface area (Å²) in [5, 5.41) is 17.8. The first-order valence-corrected chi connectivity index (χ1v) is 6.14. The number of carboxylic acids is 1. The molecule has 0 fully saturated rings. The number of nitriles is 1. The van der Waals surface area contributed by atoms with E-state index in [0.29, 0.717) is 5.56 Å². The van der Waals surface area contributed by atoms with Crippen LogP contribution < -0.4 is 0 Å². The molecule has 82 valence electrons. The van der Waals surface area contributed by atoms with Crippen molar-refractivity contribution < 1.29 is 18.3 Å². The molecule has 0 unspecified atom stereocenters. The SMILES string of the molecule is N#Cc1c(C(=O)O)ccc2c1CCS2(=O)=O. The summed E-state index contributed by atoms with van der Waals surface area (Å²) in [6.07, 6.45) is 0.210. The average molecular weight is 237 g/mol. The Bertz CT molecular complexity index is 625. The third-order valence-electron chi connectivity index (χ3n) is 2.57. The van der Waals surface area contributed by atoms with Crippen molar-refractivity contribution in [2.24, 2.45) is 0 Å². The molecular weight excluding hydrogens is 230 g/mol. The van der Waals surface area contributed by atoms with Crippen molar-refractivity contribution in [2.75, 3.05) is 5.75 Å². The van der Waals surface area contributed by atoms with Gasteiger partial charge >= 0.3 is 5.97 Å². The van der Waals surface area contributed by atoms with Gasteiger partial charge in [-0.15, -0.1) is 0 Å². The molecule has 0 radical (unpaired) electrons. The average Bonchev–Trinajstić information content (AvgIpc) is 2.53. The standard InChI is InChI=1S/C10H7NO4S/c11-5-8-6-3-4-16(14,15)9(6)2-1-7(8)10(12)13/h1-2H,3-4H2,(H,12,13). The smallest absolute Gasteiger partial charge is 0.337 e. The van der Waals surface area contributed by atoms with Crippen LogP contribution in [0.15, 0.2) is 17.0 Å². The minimum absolute atomic E-state index is 0.0360. The van der Waals surface area contributed by atoms with Gasteiger partial charge in [-0.3, -0.25) is 0 Å². The molecule has 1 heterocycles. The van der Waals surface area contributed by atoms with E-state index >= 15 is 0 Å². The molecule has 1 aliphatic rings. The summed E-state index contributed by atoms with van der Waals surface area (Å²) in [6.45, 7) is 0. The lowest BCUT2D eigenvalue weighted by Crippen LogP contribution is -2.04. The number of nitrogens with zero attached hydrogens (tertiary/aromatic N) is 1. The highest BCUT2D eigenvalue weighted by molar-refractivity contribution is 7.91. The fourth-order valence-corrected chi connectivity index (χ4v) is 3.37. The second-order valence-electron chi connectivity index (χ2n) is 3.45. The van der Waals surface area contributed by atoms with Crippen LogP contribution in [0.2, 0.25) is 0 Å². The highest BCUT2D eigenvalue weighted by Gasteiger charge is 2.30. The van der Waals surface area contributed by atoms with Crippen molar-refractivity contribution in [3.05, 3.63) is 28.8 Å². The number of rotatable bonds is 1. The Balaban J connectivity index is 2.81. The lowest BCUT2D eigenvalue weighted by Gasteiger charge is -2.03. The summed E-state index contributed by atoms with van der Waals surface area (Å²) >= 11 is 0. The van der Waals surface area contributed by atoms with Crippen molar-refractivity contribution in [3.63, 3.8) is 0 Å². The number of carboxylic acid groups (broad SMARTS) is 1. The molecule has 0 amide bonds. The third-order valence-corrected chi connectivity index (χ3v) is 4.36. The largest absolute Gasteiger partial charge is 0.478 e. The number of benzene rings is 1. The minimum Gasteiger partial charge on any atom is -0.478 e. The highest BCUT2D eigenvalue weighted by atomic mass is 32.2. The topological polar surface area (TPSA) is 95.2 Å².